The van der Waals surface area contributed by atoms with Crippen LogP contribution in [0.2, 0.25) is 0 Å². The molecular formula is C15H21NO3. The number of hydrogen-bond donors (Lipinski definition) is 1. The molecule has 19 heavy (non-hydrogen) atoms. The van der Waals surface area contributed by atoms with Crippen molar-refractivity contribution in [2.45, 2.75) is 31.8 Å². The first-order valence-corrected chi connectivity index (χ1v) is 7.11. The van der Waals surface area contributed by atoms with Gasteiger partial charge >= 0.3 is 0 Å². The number of rotatable bonds is 3. The van der Waals surface area contributed by atoms with Gasteiger partial charge in [0, 0.05) is 25.6 Å². The molecule has 1 saturated heterocycles. The van der Waals surface area contributed by atoms with Crippen molar-refractivity contribution in [3.8, 4) is 11.5 Å². The van der Waals surface area contributed by atoms with E-state index in [2.05, 4.69) is 17.4 Å². The molecule has 3 rings (SSSR count). The van der Waals surface area contributed by atoms with Crippen LogP contribution in [0, 0.1) is 0 Å². The molecule has 0 radical (unpaired) electrons. The quantitative estimate of drug-likeness (QED) is 0.906. The zero-order valence-corrected chi connectivity index (χ0v) is 11.2. The van der Waals surface area contributed by atoms with Crippen molar-refractivity contribution in [3.63, 3.8) is 0 Å². The first-order valence-electron chi connectivity index (χ1n) is 7.11. The van der Waals surface area contributed by atoms with Crippen LogP contribution in [0.3, 0.4) is 0 Å². The summed E-state index contributed by atoms with van der Waals surface area (Å²) < 4.78 is 16.8. The first kappa shape index (κ1) is 12.8. The van der Waals surface area contributed by atoms with Crippen molar-refractivity contribution in [2.24, 2.45) is 0 Å². The number of hydrogen-bond acceptors (Lipinski definition) is 4. The second-order valence-corrected chi connectivity index (χ2v) is 5.13. The van der Waals surface area contributed by atoms with E-state index in [4.69, 9.17) is 14.2 Å². The van der Waals surface area contributed by atoms with E-state index in [1.807, 2.05) is 6.07 Å². The number of ether oxygens (including phenoxy) is 3. The second-order valence-electron chi connectivity index (χ2n) is 5.13. The van der Waals surface area contributed by atoms with E-state index in [9.17, 15) is 0 Å². The van der Waals surface area contributed by atoms with E-state index in [0.29, 0.717) is 6.04 Å². The van der Waals surface area contributed by atoms with Crippen LogP contribution < -0.4 is 14.8 Å². The Morgan fingerprint density at radius 1 is 1.05 bits per heavy atom. The summed E-state index contributed by atoms with van der Waals surface area (Å²) in [6, 6.07) is 6.67. The van der Waals surface area contributed by atoms with Crippen LogP contribution in [0.1, 0.15) is 24.8 Å². The minimum Gasteiger partial charge on any atom is -0.490 e. The maximum atomic E-state index is 5.70. The van der Waals surface area contributed by atoms with Crippen molar-refractivity contribution in [1.82, 2.24) is 5.32 Å². The van der Waals surface area contributed by atoms with Crippen LogP contribution in [0.4, 0.5) is 0 Å². The van der Waals surface area contributed by atoms with Crippen molar-refractivity contribution < 1.29 is 14.2 Å². The van der Waals surface area contributed by atoms with Gasteiger partial charge in [-0.15, -0.1) is 0 Å². The largest absolute Gasteiger partial charge is 0.490 e. The lowest BCUT2D eigenvalue weighted by atomic mass is 10.1. The Balaban J connectivity index is 1.60. The van der Waals surface area contributed by atoms with E-state index < -0.39 is 0 Å². The van der Waals surface area contributed by atoms with Gasteiger partial charge < -0.3 is 19.5 Å². The lowest BCUT2D eigenvalue weighted by Gasteiger charge is -2.23. The molecule has 0 aromatic heterocycles. The Hall–Kier alpha value is -1.26. The minimum absolute atomic E-state index is 0.477. The molecule has 104 valence electrons. The topological polar surface area (TPSA) is 39.7 Å². The predicted octanol–water partition coefficient (Wildman–Crippen LogP) is 2.12. The van der Waals surface area contributed by atoms with Crippen LogP contribution in [0.25, 0.3) is 0 Å². The van der Waals surface area contributed by atoms with Gasteiger partial charge in [0.05, 0.1) is 19.8 Å². The molecule has 1 fully saturated rings. The van der Waals surface area contributed by atoms with Gasteiger partial charge in [0.15, 0.2) is 11.5 Å². The number of nitrogens with one attached hydrogen (secondary N) is 1. The fraction of sp³-hybridized carbons (Fsp3) is 0.600. The summed E-state index contributed by atoms with van der Waals surface area (Å²) in [5.41, 5.74) is 1.23. The van der Waals surface area contributed by atoms with Crippen LogP contribution >= 0.6 is 0 Å². The summed E-state index contributed by atoms with van der Waals surface area (Å²) >= 11 is 0. The zero-order valence-electron chi connectivity index (χ0n) is 11.2. The molecule has 2 aliphatic rings. The van der Waals surface area contributed by atoms with Gasteiger partial charge in [-0.2, -0.15) is 0 Å². The van der Waals surface area contributed by atoms with E-state index in [1.165, 1.54) is 12.0 Å². The van der Waals surface area contributed by atoms with Crippen LogP contribution in [-0.4, -0.2) is 32.5 Å². The molecule has 0 amide bonds. The minimum atomic E-state index is 0.477. The summed E-state index contributed by atoms with van der Waals surface area (Å²) in [6.07, 6.45) is 3.30. The highest BCUT2D eigenvalue weighted by molar-refractivity contribution is 5.43. The molecule has 0 unspecified atom stereocenters. The Bertz CT molecular complexity index is 416. The van der Waals surface area contributed by atoms with Crippen molar-refractivity contribution in [1.29, 1.82) is 0 Å². The van der Waals surface area contributed by atoms with Gasteiger partial charge in [-0.1, -0.05) is 6.07 Å². The molecule has 2 heterocycles. The molecule has 2 aliphatic heterocycles. The average Bonchev–Trinajstić information content (AvgIpc) is 2.71. The summed E-state index contributed by atoms with van der Waals surface area (Å²) in [5.74, 6) is 1.74. The molecular weight excluding hydrogens is 242 g/mol. The highest BCUT2D eigenvalue weighted by atomic mass is 16.5. The maximum Gasteiger partial charge on any atom is 0.161 e. The third-order valence-electron chi connectivity index (χ3n) is 3.57. The lowest BCUT2D eigenvalue weighted by molar-refractivity contribution is 0.0699. The van der Waals surface area contributed by atoms with Crippen LogP contribution in [-0.2, 0) is 11.3 Å². The van der Waals surface area contributed by atoms with E-state index >= 15 is 0 Å². The number of benzene rings is 1. The second kappa shape index (κ2) is 6.26. The fourth-order valence-electron chi connectivity index (χ4n) is 2.48. The molecule has 1 atom stereocenters. The molecule has 0 aliphatic carbocycles. The van der Waals surface area contributed by atoms with Crippen molar-refractivity contribution >= 4 is 0 Å². The van der Waals surface area contributed by atoms with Gasteiger partial charge in [-0.05, 0) is 30.5 Å². The SMILES string of the molecule is c1cc2c(cc1CN[C@H]1CCCOC1)OCCCO2. The van der Waals surface area contributed by atoms with E-state index in [0.717, 1.165) is 57.3 Å². The van der Waals surface area contributed by atoms with Gasteiger partial charge in [0.2, 0.25) is 0 Å². The number of fused-ring (bicyclic) bond motifs is 1. The average molecular weight is 263 g/mol. The van der Waals surface area contributed by atoms with Gasteiger partial charge in [-0.3, -0.25) is 0 Å². The zero-order chi connectivity index (χ0) is 12.9. The molecule has 1 N–H and O–H groups in total. The Kier molecular flexibility index (Phi) is 4.20. The van der Waals surface area contributed by atoms with E-state index in [-0.39, 0.29) is 0 Å². The standard InChI is InChI=1S/C15H21NO3/c1-3-13(11-17-6-1)16-10-12-4-5-14-15(9-12)19-8-2-7-18-14/h4-5,9,13,16H,1-3,6-8,10-11H2/t13-/m0/s1. The smallest absolute Gasteiger partial charge is 0.161 e. The molecule has 4 heteroatoms. The molecule has 1 aromatic rings. The van der Waals surface area contributed by atoms with Gasteiger partial charge in [0.1, 0.15) is 0 Å². The Labute approximate surface area is 114 Å². The first-order chi connectivity index (χ1) is 9.42. The third kappa shape index (κ3) is 3.39. The summed E-state index contributed by atoms with van der Waals surface area (Å²) in [7, 11) is 0. The fourth-order valence-corrected chi connectivity index (χ4v) is 2.48. The molecule has 0 saturated carbocycles. The molecule has 4 nitrogen and oxygen atoms in total. The van der Waals surface area contributed by atoms with Crippen molar-refractivity contribution in [3.05, 3.63) is 23.8 Å². The van der Waals surface area contributed by atoms with Crippen LogP contribution in [0.5, 0.6) is 11.5 Å². The highest BCUT2D eigenvalue weighted by Gasteiger charge is 2.14. The summed E-state index contributed by atoms with van der Waals surface area (Å²) in [6.45, 7) is 4.06. The predicted molar refractivity (Wildman–Crippen MR) is 72.7 cm³/mol. The Morgan fingerprint density at radius 2 is 1.95 bits per heavy atom. The Morgan fingerprint density at radius 3 is 2.79 bits per heavy atom. The van der Waals surface area contributed by atoms with Gasteiger partial charge in [0.25, 0.3) is 0 Å². The maximum absolute atomic E-state index is 5.70. The summed E-state index contributed by atoms with van der Waals surface area (Å²) in [4.78, 5) is 0. The molecule has 0 spiro atoms. The third-order valence-corrected chi connectivity index (χ3v) is 3.57. The van der Waals surface area contributed by atoms with E-state index in [1.54, 1.807) is 0 Å². The highest BCUT2D eigenvalue weighted by Crippen LogP contribution is 2.30. The molecule has 1 aromatic carbocycles. The van der Waals surface area contributed by atoms with Gasteiger partial charge in [-0.25, -0.2) is 0 Å². The van der Waals surface area contributed by atoms with Crippen molar-refractivity contribution in [2.75, 3.05) is 26.4 Å². The molecule has 0 bridgehead atoms. The lowest BCUT2D eigenvalue weighted by Crippen LogP contribution is -2.36. The summed E-state index contributed by atoms with van der Waals surface area (Å²) in [5, 5.41) is 3.54. The normalized spacial score (nSPS) is 22.8. The van der Waals surface area contributed by atoms with Crippen LogP contribution in [0.15, 0.2) is 18.2 Å². The monoisotopic (exact) mass is 263 g/mol.